The summed E-state index contributed by atoms with van der Waals surface area (Å²) in [4.78, 5) is 0. The Hall–Kier alpha value is -1.30. The van der Waals surface area contributed by atoms with Gasteiger partial charge in [0.1, 0.15) is 0 Å². The number of rotatable bonds is 0. The molecule has 70 valence electrons. The molecule has 3 aliphatic carbocycles. The summed E-state index contributed by atoms with van der Waals surface area (Å²) in [6.45, 7) is 0. The van der Waals surface area contributed by atoms with E-state index in [9.17, 15) is 0 Å². The molecular weight excluding hydrogens is 168 g/mol. The lowest BCUT2D eigenvalue weighted by Gasteiger charge is -2.26. The second-order valence-corrected chi connectivity index (χ2v) is 4.18. The first kappa shape index (κ1) is 8.05. The zero-order valence-electron chi connectivity index (χ0n) is 8.24. The molecule has 0 spiro atoms. The van der Waals surface area contributed by atoms with Crippen LogP contribution in [0.4, 0.5) is 0 Å². The van der Waals surface area contributed by atoms with Crippen molar-refractivity contribution in [1.82, 2.24) is 0 Å². The van der Waals surface area contributed by atoms with Crippen molar-refractivity contribution in [1.29, 1.82) is 0 Å². The van der Waals surface area contributed by atoms with Gasteiger partial charge in [-0.1, -0.05) is 42.5 Å². The largest absolute Gasteiger partial charge is 0.0842 e. The van der Waals surface area contributed by atoms with Crippen molar-refractivity contribution >= 4 is 0 Å². The van der Waals surface area contributed by atoms with Crippen LogP contribution < -0.4 is 0 Å². The van der Waals surface area contributed by atoms with E-state index in [0.717, 1.165) is 6.42 Å². The maximum Gasteiger partial charge on any atom is 0.00271 e. The van der Waals surface area contributed by atoms with Crippen LogP contribution in [0.3, 0.4) is 0 Å². The maximum absolute atomic E-state index is 2.47. The van der Waals surface area contributed by atoms with Crippen LogP contribution in [0.25, 0.3) is 0 Å². The molecule has 3 rings (SSSR count). The Balaban J connectivity index is 2.05. The molecule has 0 heteroatoms. The molecule has 0 heterocycles. The van der Waals surface area contributed by atoms with Gasteiger partial charge in [-0.3, -0.25) is 0 Å². The molecule has 1 atom stereocenters. The molecule has 1 unspecified atom stereocenters. The van der Waals surface area contributed by atoms with Gasteiger partial charge in [-0.2, -0.15) is 0 Å². The first-order valence-electron chi connectivity index (χ1n) is 5.39. The predicted octanol–water partition coefficient (Wildman–Crippen LogP) is 3.71. The average Bonchev–Trinajstić information content (AvgIpc) is 2.26. The Morgan fingerprint density at radius 3 is 3.21 bits per heavy atom. The van der Waals surface area contributed by atoms with Gasteiger partial charge in [0.05, 0.1) is 0 Å². The first-order valence-corrected chi connectivity index (χ1v) is 5.39. The van der Waals surface area contributed by atoms with E-state index in [1.807, 2.05) is 0 Å². The first-order chi connectivity index (χ1) is 6.93. The van der Waals surface area contributed by atoms with Crippen molar-refractivity contribution in [3.8, 4) is 0 Å². The van der Waals surface area contributed by atoms with E-state index < -0.39 is 0 Å². The van der Waals surface area contributed by atoms with Crippen LogP contribution in [0.2, 0.25) is 0 Å². The van der Waals surface area contributed by atoms with Crippen LogP contribution in [0.5, 0.6) is 0 Å². The molecule has 0 N–H and O–H groups in total. The van der Waals surface area contributed by atoms with Crippen molar-refractivity contribution in [3.05, 3.63) is 59.3 Å². The van der Waals surface area contributed by atoms with Gasteiger partial charge >= 0.3 is 0 Å². The molecule has 0 aromatic carbocycles. The Morgan fingerprint density at radius 1 is 1.21 bits per heavy atom. The van der Waals surface area contributed by atoms with Gasteiger partial charge in [-0.15, -0.1) is 0 Å². The van der Waals surface area contributed by atoms with Crippen LogP contribution in [0.1, 0.15) is 19.3 Å². The van der Waals surface area contributed by atoms with Gasteiger partial charge in [-0.05, 0) is 36.0 Å². The fourth-order valence-electron chi connectivity index (χ4n) is 2.44. The summed E-state index contributed by atoms with van der Waals surface area (Å²) in [5, 5.41) is 0. The third kappa shape index (κ3) is 1.22. The topological polar surface area (TPSA) is 0 Å². The number of allylic oxidation sites excluding steroid dienone is 10. The predicted molar refractivity (Wildman–Crippen MR) is 59.9 cm³/mol. The van der Waals surface area contributed by atoms with Crippen LogP contribution in [-0.2, 0) is 0 Å². The Morgan fingerprint density at radius 2 is 2.21 bits per heavy atom. The molecule has 0 bridgehead atoms. The highest BCUT2D eigenvalue weighted by Crippen LogP contribution is 2.36. The quantitative estimate of drug-likeness (QED) is 0.535. The lowest BCUT2D eigenvalue weighted by Crippen LogP contribution is -2.10. The van der Waals surface area contributed by atoms with E-state index in [4.69, 9.17) is 0 Å². The van der Waals surface area contributed by atoms with E-state index in [-0.39, 0.29) is 0 Å². The smallest absolute Gasteiger partial charge is 0.00271 e. The van der Waals surface area contributed by atoms with Crippen molar-refractivity contribution in [2.24, 2.45) is 5.92 Å². The van der Waals surface area contributed by atoms with Crippen LogP contribution in [0.15, 0.2) is 59.3 Å². The van der Waals surface area contributed by atoms with E-state index in [1.54, 1.807) is 0 Å². The molecule has 0 fully saturated rings. The summed E-state index contributed by atoms with van der Waals surface area (Å²) < 4.78 is 0. The van der Waals surface area contributed by atoms with E-state index in [1.165, 1.54) is 29.6 Å². The van der Waals surface area contributed by atoms with Gasteiger partial charge in [0, 0.05) is 5.92 Å². The van der Waals surface area contributed by atoms with Gasteiger partial charge in [-0.25, -0.2) is 0 Å². The minimum atomic E-state index is 0.693. The zero-order valence-corrected chi connectivity index (χ0v) is 8.24. The highest BCUT2D eigenvalue weighted by Gasteiger charge is 2.19. The minimum Gasteiger partial charge on any atom is -0.0842 e. The molecule has 0 aromatic rings. The fraction of sp³-hybridized carbons (Fsp3) is 0.286. The normalized spacial score (nSPS) is 28.6. The fourth-order valence-corrected chi connectivity index (χ4v) is 2.44. The number of hydrogen-bond donors (Lipinski definition) is 0. The molecule has 0 aliphatic heterocycles. The lowest BCUT2D eigenvalue weighted by molar-refractivity contribution is 0.666. The number of hydrogen-bond acceptors (Lipinski definition) is 0. The third-order valence-electron chi connectivity index (χ3n) is 3.23. The summed E-state index contributed by atoms with van der Waals surface area (Å²) in [7, 11) is 0. The summed E-state index contributed by atoms with van der Waals surface area (Å²) in [5.74, 6) is 0.693. The van der Waals surface area contributed by atoms with Crippen molar-refractivity contribution in [2.45, 2.75) is 19.3 Å². The van der Waals surface area contributed by atoms with E-state index >= 15 is 0 Å². The third-order valence-corrected chi connectivity index (χ3v) is 3.23. The van der Waals surface area contributed by atoms with E-state index in [2.05, 4.69) is 42.5 Å². The molecule has 0 nitrogen and oxygen atoms in total. The zero-order chi connectivity index (χ0) is 9.38. The molecule has 0 saturated carbocycles. The van der Waals surface area contributed by atoms with Gasteiger partial charge in [0.15, 0.2) is 0 Å². The maximum atomic E-state index is 2.47. The van der Waals surface area contributed by atoms with E-state index in [0.29, 0.717) is 5.92 Å². The molecule has 0 amide bonds. The molecular formula is C14H14. The average molecular weight is 182 g/mol. The minimum absolute atomic E-state index is 0.693. The van der Waals surface area contributed by atoms with Gasteiger partial charge < -0.3 is 0 Å². The second-order valence-electron chi connectivity index (χ2n) is 4.18. The van der Waals surface area contributed by atoms with Crippen LogP contribution >= 0.6 is 0 Å². The summed E-state index contributed by atoms with van der Waals surface area (Å²) >= 11 is 0. The SMILES string of the molecule is C1=CCC2=CC3CCC=CC3=CC2=C1. The van der Waals surface area contributed by atoms with Gasteiger partial charge in [0.2, 0.25) is 0 Å². The van der Waals surface area contributed by atoms with Crippen LogP contribution in [0, 0.1) is 5.92 Å². The van der Waals surface area contributed by atoms with Gasteiger partial charge in [0.25, 0.3) is 0 Å². The highest BCUT2D eigenvalue weighted by molar-refractivity contribution is 5.54. The summed E-state index contributed by atoms with van der Waals surface area (Å²) in [5.41, 5.74) is 4.45. The monoisotopic (exact) mass is 182 g/mol. The van der Waals surface area contributed by atoms with Crippen molar-refractivity contribution < 1.29 is 0 Å². The molecule has 3 aliphatic rings. The molecule has 0 aromatic heterocycles. The summed E-state index contributed by atoms with van der Waals surface area (Å²) in [6, 6.07) is 0. The summed E-state index contributed by atoms with van der Waals surface area (Å²) in [6.07, 6.45) is 19.7. The van der Waals surface area contributed by atoms with Crippen molar-refractivity contribution in [2.75, 3.05) is 0 Å². The lowest BCUT2D eigenvalue weighted by atomic mass is 9.79. The van der Waals surface area contributed by atoms with Crippen molar-refractivity contribution in [3.63, 3.8) is 0 Å². The standard InChI is InChI=1S/C14H14/c1-2-6-12-10-14-8-4-3-7-13(14)9-11(12)5-1/h1-3,5,7,9-10,14H,4,6,8H2. The molecule has 0 saturated heterocycles. The Kier molecular flexibility index (Phi) is 1.80. The molecule has 14 heavy (non-hydrogen) atoms. The Labute approximate surface area is 85.0 Å². The van der Waals surface area contributed by atoms with Crippen LogP contribution in [-0.4, -0.2) is 0 Å². The number of fused-ring (bicyclic) bond motifs is 2. The second kappa shape index (κ2) is 3.13. The Bertz CT molecular complexity index is 400. The highest BCUT2D eigenvalue weighted by atomic mass is 14.2. The molecule has 0 radical (unpaired) electrons.